The van der Waals surface area contributed by atoms with Crippen molar-refractivity contribution in [1.82, 2.24) is 9.88 Å². The number of nitrogens with zero attached hydrogens (tertiary/aromatic N) is 2. The summed E-state index contributed by atoms with van der Waals surface area (Å²) in [7, 11) is 0. The van der Waals surface area contributed by atoms with Crippen LogP contribution < -0.4 is 0 Å². The minimum absolute atomic E-state index is 0.0253. The van der Waals surface area contributed by atoms with Crippen LogP contribution in [-0.4, -0.2) is 28.3 Å². The quantitative estimate of drug-likeness (QED) is 0.635. The molecule has 2 aromatic carbocycles. The van der Waals surface area contributed by atoms with E-state index in [-0.39, 0.29) is 19.1 Å². The Morgan fingerprint density at radius 3 is 2.50 bits per heavy atom. The zero-order chi connectivity index (χ0) is 19.7. The van der Waals surface area contributed by atoms with Gasteiger partial charge >= 0.3 is 5.97 Å². The Morgan fingerprint density at radius 1 is 1.11 bits per heavy atom. The fourth-order valence-corrected chi connectivity index (χ4v) is 3.09. The maximum Gasteiger partial charge on any atom is 0.326 e. The highest BCUT2D eigenvalue weighted by molar-refractivity contribution is 6.10. The number of ether oxygens (including phenoxy) is 1. The molecule has 0 aliphatic carbocycles. The molecule has 0 fully saturated rings. The van der Waals surface area contributed by atoms with Gasteiger partial charge < -0.3 is 9.15 Å². The Kier molecular flexibility index (Phi) is 4.53. The van der Waals surface area contributed by atoms with E-state index in [1.807, 2.05) is 42.5 Å². The van der Waals surface area contributed by atoms with Crippen LogP contribution in [0.3, 0.4) is 0 Å². The van der Waals surface area contributed by atoms with E-state index in [1.54, 1.807) is 19.1 Å². The van der Waals surface area contributed by atoms with E-state index < -0.39 is 5.97 Å². The third kappa shape index (κ3) is 3.20. The van der Waals surface area contributed by atoms with Crippen LogP contribution in [-0.2, 0) is 16.1 Å². The van der Waals surface area contributed by atoms with Gasteiger partial charge in [-0.05, 0) is 25.1 Å². The Balaban J connectivity index is 1.40. The van der Waals surface area contributed by atoms with Gasteiger partial charge in [-0.3, -0.25) is 14.5 Å². The van der Waals surface area contributed by atoms with Crippen molar-refractivity contribution in [3.05, 3.63) is 83.8 Å². The van der Waals surface area contributed by atoms with E-state index in [4.69, 9.17) is 9.15 Å². The normalized spacial score (nSPS) is 13.0. The summed E-state index contributed by atoms with van der Waals surface area (Å²) < 4.78 is 11.0. The average Bonchev–Trinajstić information content (AvgIpc) is 3.20. The predicted molar refractivity (Wildman–Crippen MR) is 103 cm³/mol. The van der Waals surface area contributed by atoms with Gasteiger partial charge in [0.1, 0.15) is 24.6 Å². The van der Waals surface area contributed by atoms with Crippen molar-refractivity contribution in [3.8, 4) is 11.5 Å². The first-order valence-electron chi connectivity index (χ1n) is 8.82. The van der Waals surface area contributed by atoms with Crippen LogP contribution in [0.2, 0.25) is 0 Å². The van der Waals surface area contributed by atoms with Crippen molar-refractivity contribution in [3.63, 3.8) is 0 Å². The fraction of sp³-hybridized carbons (Fsp3) is 0.136. The summed E-state index contributed by atoms with van der Waals surface area (Å²) in [5, 5.41) is 0. The Bertz CT molecular complexity index is 1030. The van der Waals surface area contributed by atoms with E-state index in [0.29, 0.717) is 28.6 Å². The molecular formula is C22H18N2O4. The van der Waals surface area contributed by atoms with E-state index in [9.17, 15) is 9.59 Å². The van der Waals surface area contributed by atoms with E-state index in [0.717, 1.165) is 11.1 Å². The number of aryl methyl sites for hydroxylation is 1. The molecule has 0 spiro atoms. The first-order chi connectivity index (χ1) is 13.5. The molecule has 1 amide bonds. The fourth-order valence-electron chi connectivity index (χ4n) is 3.09. The number of benzene rings is 2. The van der Waals surface area contributed by atoms with Crippen molar-refractivity contribution < 1.29 is 18.7 Å². The van der Waals surface area contributed by atoms with Crippen LogP contribution in [0.4, 0.5) is 0 Å². The maximum absolute atomic E-state index is 12.5. The third-order valence-corrected chi connectivity index (χ3v) is 4.61. The lowest BCUT2D eigenvalue weighted by atomic mass is 10.1. The second-order valence-electron chi connectivity index (χ2n) is 6.43. The lowest BCUT2D eigenvalue weighted by Gasteiger charge is -2.16. The number of oxazole rings is 1. The molecule has 2 heterocycles. The summed E-state index contributed by atoms with van der Waals surface area (Å²) >= 11 is 0. The van der Waals surface area contributed by atoms with Crippen molar-refractivity contribution in [2.24, 2.45) is 0 Å². The summed E-state index contributed by atoms with van der Waals surface area (Å²) in [6, 6.07) is 16.6. The lowest BCUT2D eigenvalue weighted by Crippen LogP contribution is -2.30. The molecule has 4 rings (SSSR count). The maximum atomic E-state index is 12.5. The van der Waals surface area contributed by atoms with Gasteiger partial charge in [0.15, 0.2) is 0 Å². The number of carbonyl (C=O) groups excluding carboxylic acids is 2. The molecule has 0 N–H and O–H groups in total. The van der Waals surface area contributed by atoms with E-state index in [2.05, 4.69) is 11.6 Å². The minimum atomic E-state index is -0.536. The van der Waals surface area contributed by atoms with Crippen molar-refractivity contribution in [1.29, 1.82) is 0 Å². The molecule has 1 aromatic heterocycles. The largest absolute Gasteiger partial charge is 0.458 e. The van der Waals surface area contributed by atoms with Crippen LogP contribution in [0, 0.1) is 6.92 Å². The number of amides is 1. The number of aromatic nitrogens is 1. The monoisotopic (exact) mass is 374 g/mol. The summed E-state index contributed by atoms with van der Waals surface area (Å²) in [6.07, 6.45) is 0. The first kappa shape index (κ1) is 17.7. The zero-order valence-corrected chi connectivity index (χ0v) is 15.3. The number of rotatable bonds is 5. The summed E-state index contributed by atoms with van der Waals surface area (Å²) in [5.41, 5.74) is 3.17. The summed E-state index contributed by atoms with van der Waals surface area (Å²) in [6.45, 7) is 5.46. The topological polar surface area (TPSA) is 72.6 Å². The second kappa shape index (κ2) is 7.15. The molecular weight excluding hydrogens is 356 g/mol. The third-order valence-electron chi connectivity index (χ3n) is 4.61. The standard InChI is InChI=1S/C22H18N2O4/c1-14-17-10-6-7-11-18(17)22(26)24(14)12-20(25)27-13-19-15(2)28-21(23-19)16-8-4-3-5-9-16/h3-11H,1,12-13H2,2H3. The van der Waals surface area contributed by atoms with Crippen LogP contribution in [0.25, 0.3) is 17.2 Å². The van der Waals surface area contributed by atoms with Gasteiger partial charge in [0, 0.05) is 22.4 Å². The van der Waals surface area contributed by atoms with Crippen LogP contribution in [0.5, 0.6) is 0 Å². The first-order valence-corrected chi connectivity index (χ1v) is 8.82. The van der Waals surface area contributed by atoms with Crippen molar-refractivity contribution in [2.45, 2.75) is 13.5 Å². The number of hydrogen-bond acceptors (Lipinski definition) is 5. The molecule has 6 nitrogen and oxygen atoms in total. The zero-order valence-electron chi connectivity index (χ0n) is 15.3. The van der Waals surface area contributed by atoms with Crippen molar-refractivity contribution in [2.75, 3.05) is 6.54 Å². The smallest absolute Gasteiger partial charge is 0.326 e. The highest BCUT2D eigenvalue weighted by atomic mass is 16.5. The number of fused-ring (bicyclic) bond motifs is 1. The van der Waals surface area contributed by atoms with Gasteiger partial charge in [0.25, 0.3) is 5.91 Å². The Hall–Kier alpha value is -3.67. The highest BCUT2D eigenvalue weighted by Gasteiger charge is 2.32. The molecule has 0 saturated carbocycles. The van der Waals surface area contributed by atoms with Gasteiger partial charge in [-0.2, -0.15) is 0 Å². The van der Waals surface area contributed by atoms with E-state index in [1.165, 1.54) is 4.90 Å². The number of esters is 1. The number of carbonyl (C=O) groups is 2. The van der Waals surface area contributed by atoms with Gasteiger partial charge in [0.2, 0.25) is 5.89 Å². The Morgan fingerprint density at radius 2 is 1.79 bits per heavy atom. The molecule has 3 aromatic rings. The molecule has 0 atom stereocenters. The highest BCUT2D eigenvalue weighted by Crippen LogP contribution is 2.31. The molecule has 0 bridgehead atoms. The van der Waals surface area contributed by atoms with Crippen LogP contribution in [0.1, 0.15) is 27.4 Å². The van der Waals surface area contributed by atoms with Crippen LogP contribution in [0.15, 0.2) is 65.6 Å². The van der Waals surface area contributed by atoms with E-state index >= 15 is 0 Å². The lowest BCUT2D eigenvalue weighted by molar-refractivity contribution is -0.145. The molecule has 28 heavy (non-hydrogen) atoms. The molecule has 6 heteroatoms. The van der Waals surface area contributed by atoms with Crippen LogP contribution >= 0.6 is 0 Å². The van der Waals surface area contributed by atoms with Gasteiger partial charge in [-0.25, -0.2) is 4.98 Å². The Labute approximate surface area is 162 Å². The average molecular weight is 374 g/mol. The van der Waals surface area contributed by atoms with Gasteiger partial charge in [-0.15, -0.1) is 0 Å². The SMILES string of the molecule is C=C1c2ccccc2C(=O)N1CC(=O)OCc1nc(-c2ccccc2)oc1C. The molecule has 0 unspecified atom stereocenters. The second-order valence-corrected chi connectivity index (χ2v) is 6.43. The van der Waals surface area contributed by atoms with Crippen molar-refractivity contribution >= 4 is 17.6 Å². The predicted octanol–water partition coefficient (Wildman–Crippen LogP) is 3.82. The summed E-state index contributed by atoms with van der Waals surface area (Å²) in [4.78, 5) is 30.5. The van der Waals surface area contributed by atoms with Gasteiger partial charge in [0.05, 0.1) is 0 Å². The molecule has 1 aliphatic heterocycles. The molecule has 140 valence electrons. The molecule has 0 radical (unpaired) electrons. The number of hydrogen-bond donors (Lipinski definition) is 0. The van der Waals surface area contributed by atoms with Gasteiger partial charge in [-0.1, -0.05) is 43.0 Å². The molecule has 1 aliphatic rings. The summed E-state index contributed by atoms with van der Waals surface area (Å²) in [5.74, 6) is 0.274. The minimum Gasteiger partial charge on any atom is -0.458 e. The molecule has 0 saturated heterocycles.